The van der Waals surface area contributed by atoms with Gasteiger partial charge in [-0.05, 0) is 30.3 Å². The number of nitrogens with zero attached hydrogens (tertiary/aromatic N) is 3. The van der Waals surface area contributed by atoms with Gasteiger partial charge in [-0.3, -0.25) is 4.79 Å². The fourth-order valence-electron chi connectivity index (χ4n) is 2.46. The first-order valence-electron chi connectivity index (χ1n) is 7.77. The van der Waals surface area contributed by atoms with Crippen LogP contribution in [0.4, 0.5) is 0 Å². The van der Waals surface area contributed by atoms with Crippen molar-refractivity contribution in [2.45, 2.75) is 10.8 Å². The van der Waals surface area contributed by atoms with Crippen molar-refractivity contribution < 1.29 is 13.2 Å². The number of thiazole rings is 1. The van der Waals surface area contributed by atoms with Gasteiger partial charge in [0.2, 0.25) is 10.0 Å². The number of hydrogen-bond donors (Lipinski definition) is 0. The minimum absolute atomic E-state index is 0.0228. The lowest BCUT2D eigenvalue weighted by atomic mass is 9.99. The quantitative estimate of drug-likeness (QED) is 0.588. The molecule has 0 saturated heterocycles. The zero-order chi connectivity index (χ0) is 19.8. The minimum Gasteiger partial charge on any atom is -0.292 e. The highest BCUT2D eigenvalue weighted by Gasteiger charge is 2.28. The Balaban J connectivity index is 2.07. The molecular weight excluding hydrogens is 406 g/mol. The molecule has 0 unspecified atom stereocenters. The van der Waals surface area contributed by atoms with Crippen LogP contribution in [0.5, 0.6) is 0 Å². The Labute approximate surface area is 165 Å². The van der Waals surface area contributed by atoms with Crippen molar-refractivity contribution in [2.75, 3.05) is 14.1 Å². The highest BCUT2D eigenvalue weighted by atomic mass is 35.5. The fraction of sp³-hybridized carbons (Fsp3) is 0.167. The fourth-order valence-corrected chi connectivity index (χ4v) is 4.61. The van der Waals surface area contributed by atoms with E-state index in [0.29, 0.717) is 10.5 Å². The summed E-state index contributed by atoms with van der Waals surface area (Å²) in [5.74, 6) is -1.76. The molecule has 0 fully saturated rings. The Morgan fingerprint density at radius 3 is 2.59 bits per heavy atom. The van der Waals surface area contributed by atoms with Crippen LogP contribution in [0.2, 0.25) is 5.02 Å². The summed E-state index contributed by atoms with van der Waals surface area (Å²) < 4.78 is 26.6. The van der Waals surface area contributed by atoms with Gasteiger partial charge in [-0.2, -0.15) is 5.26 Å². The van der Waals surface area contributed by atoms with Gasteiger partial charge in [0.25, 0.3) is 0 Å². The second-order valence-corrected chi connectivity index (χ2v) is 9.50. The van der Waals surface area contributed by atoms with Gasteiger partial charge in [0.1, 0.15) is 5.01 Å². The van der Waals surface area contributed by atoms with E-state index in [0.717, 1.165) is 9.01 Å². The van der Waals surface area contributed by atoms with Crippen LogP contribution in [0.3, 0.4) is 0 Å². The Morgan fingerprint density at radius 2 is 1.96 bits per heavy atom. The third-order valence-corrected chi connectivity index (χ3v) is 7.17. The third-order valence-electron chi connectivity index (χ3n) is 3.93. The molecule has 2 aromatic carbocycles. The number of carbonyl (C=O) groups excluding carboxylic acids is 1. The van der Waals surface area contributed by atoms with Crippen molar-refractivity contribution >= 4 is 49.0 Å². The number of benzene rings is 2. The van der Waals surface area contributed by atoms with E-state index in [1.165, 1.54) is 43.6 Å². The number of sulfonamides is 1. The first-order chi connectivity index (χ1) is 12.8. The molecule has 0 aliphatic heterocycles. The molecule has 27 heavy (non-hydrogen) atoms. The van der Waals surface area contributed by atoms with Gasteiger partial charge < -0.3 is 0 Å². The standard InChI is InChI=1S/C18H14ClN3O3S2/c1-22(2)27(24,25)11-7-8-14(19)12(9-11)17(23)13(10-20)18-21-15-5-3-4-6-16(15)26-18/h3-9,13H,1-2H3/t13-/m0/s1. The number of halogens is 1. The van der Waals surface area contributed by atoms with Crippen LogP contribution in [-0.4, -0.2) is 37.6 Å². The van der Waals surface area contributed by atoms with Crippen LogP contribution in [0.25, 0.3) is 10.2 Å². The van der Waals surface area contributed by atoms with E-state index in [9.17, 15) is 18.5 Å². The summed E-state index contributed by atoms with van der Waals surface area (Å²) >= 11 is 7.38. The molecule has 0 amide bonds. The lowest BCUT2D eigenvalue weighted by Crippen LogP contribution is -2.22. The van der Waals surface area contributed by atoms with E-state index in [1.54, 1.807) is 6.07 Å². The lowest BCUT2D eigenvalue weighted by Gasteiger charge is -2.13. The van der Waals surface area contributed by atoms with Gasteiger partial charge in [0.05, 0.1) is 26.2 Å². The van der Waals surface area contributed by atoms with E-state index in [2.05, 4.69) is 4.98 Å². The highest BCUT2D eigenvalue weighted by molar-refractivity contribution is 7.89. The second-order valence-electron chi connectivity index (χ2n) is 5.88. The average Bonchev–Trinajstić information content (AvgIpc) is 3.05. The maximum Gasteiger partial charge on any atom is 0.242 e. The molecule has 0 bridgehead atoms. The lowest BCUT2D eigenvalue weighted by molar-refractivity contribution is 0.0979. The topological polar surface area (TPSA) is 91.1 Å². The number of fused-ring (bicyclic) bond motifs is 1. The molecule has 0 aliphatic carbocycles. The molecule has 1 atom stereocenters. The van der Waals surface area contributed by atoms with Crippen molar-refractivity contribution in [3.8, 4) is 6.07 Å². The molecule has 3 aromatic rings. The zero-order valence-corrected chi connectivity index (χ0v) is 16.8. The number of Topliss-reactive ketones (excluding diaryl/α,β-unsaturated/α-hetero) is 1. The Kier molecular flexibility index (Phi) is 5.31. The summed E-state index contributed by atoms with van der Waals surface area (Å²) in [6, 6.07) is 13.2. The molecule has 1 heterocycles. The smallest absolute Gasteiger partial charge is 0.242 e. The molecule has 0 spiro atoms. The first kappa shape index (κ1) is 19.5. The Bertz CT molecular complexity index is 1150. The van der Waals surface area contributed by atoms with E-state index >= 15 is 0 Å². The van der Waals surface area contributed by atoms with Crippen molar-refractivity contribution in [3.05, 3.63) is 58.1 Å². The molecule has 9 heteroatoms. The van der Waals surface area contributed by atoms with Crippen LogP contribution < -0.4 is 0 Å². The van der Waals surface area contributed by atoms with Crippen molar-refractivity contribution in [1.82, 2.24) is 9.29 Å². The van der Waals surface area contributed by atoms with Gasteiger partial charge in [-0.1, -0.05) is 23.7 Å². The summed E-state index contributed by atoms with van der Waals surface area (Å²) in [4.78, 5) is 17.3. The van der Waals surface area contributed by atoms with Crippen LogP contribution in [0.15, 0.2) is 47.4 Å². The first-order valence-corrected chi connectivity index (χ1v) is 10.4. The SMILES string of the molecule is CN(C)S(=O)(=O)c1ccc(Cl)c(C(=O)[C@H](C#N)c2nc3ccccc3s2)c1. The molecule has 6 nitrogen and oxygen atoms in total. The second kappa shape index (κ2) is 7.37. The van der Waals surface area contributed by atoms with Crippen LogP contribution in [0.1, 0.15) is 21.3 Å². The molecule has 138 valence electrons. The minimum atomic E-state index is -3.74. The molecule has 1 aromatic heterocycles. The number of hydrogen-bond acceptors (Lipinski definition) is 6. The number of para-hydroxylation sites is 1. The molecule has 0 aliphatic rings. The van der Waals surface area contributed by atoms with E-state index < -0.39 is 21.7 Å². The normalized spacial score (nSPS) is 12.9. The van der Waals surface area contributed by atoms with Crippen LogP contribution >= 0.6 is 22.9 Å². The average molecular weight is 420 g/mol. The van der Waals surface area contributed by atoms with E-state index in [4.69, 9.17) is 11.6 Å². The summed E-state index contributed by atoms with van der Waals surface area (Å²) in [6.45, 7) is 0. The molecule has 3 rings (SSSR count). The number of carbonyl (C=O) groups is 1. The number of nitriles is 1. The zero-order valence-electron chi connectivity index (χ0n) is 14.4. The highest BCUT2D eigenvalue weighted by Crippen LogP contribution is 2.32. The molecular formula is C18H14ClN3O3S2. The van der Waals surface area contributed by atoms with E-state index in [1.807, 2.05) is 24.3 Å². The molecule has 0 N–H and O–H groups in total. The van der Waals surface area contributed by atoms with Crippen LogP contribution in [0, 0.1) is 11.3 Å². The third kappa shape index (κ3) is 3.59. The van der Waals surface area contributed by atoms with E-state index in [-0.39, 0.29) is 15.5 Å². The molecule has 0 saturated carbocycles. The Hall–Kier alpha value is -2.31. The van der Waals surface area contributed by atoms with Gasteiger partial charge in [-0.25, -0.2) is 17.7 Å². The van der Waals surface area contributed by atoms with Gasteiger partial charge in [0.15, 0.2) is 11.7 Å². The largest absolute Gasteiger partial charge is 0.292 e. The number of aromatic nitrogens is 1. The summed E-state index contributed by atoms with van der Waals surface area (Å²) in [5.41, 5.74) is 0.672. The number of ketones is 1. The predicted octanol–water partition coefficient (Wildman–Crippen LogP) is 3.69. The monoisotopic (exact) mass is 419 g/mol. The van der Waals surface area contributed by atoms with Gasteiger partial charge in [-0.15, -0.1) is 11.3 Å². The van der Waals surface area contributed by atoms with Crippen molar-refractivity contribution in [3.63, 3.8) is 0 Å². The summed E-state index contributed by atoms with van der Waals surface area (Å²) in [6.07, 6.45) is 0. The molecule has 0 radical (unpaired) electrons. The van der Waals surface area contributed by atoms with Crippen molar-refractivity contribution in [1.29, 1.82) is 5.26 Å². The Morgan fingerprint density at radius 1 is 1.26 bits per heavy atom. The maximum absolute atomic E-state index is 13.0. The van der Waals surface area contributed by atoms with Crippen LogP contribution in [-0.2, 0) is 10.0 Å². The summed E-state index contributed by atoms with van der Waals surface area (Å²) in [7, 11) is -0.954. The van der Waals surface area contributed by atoms with Crippen molar-refractivity contribution in [2.24, 2.45) is 0 Å². The maximum atomic E-state index is 13.0. The number of rotatable bonds is 5. The predicted molar refractivity (Wildman–Crippen MR) is 105 cm³/mol. The van der Waals surface area contributed by atoms with Gasteiger partial charge in [0, 0.05) is 19.7 Å². The van der Waals surface area contributed by atoms with Gasteiger partial charge >= 0.3 is 0 Å². The summed E-state index contributed by atoms with van der Waals surface area (Å²) in [5, 5.41) is 10.0.